The van der Waals surface area contributed by atoms with E-state index in [1.165, 1.54) is 11.8 Å². The van der Waals surface area contributed by atoms with Crippen LogP contribution in [0.2, 0.25) is 0 Å². The number of β-amino-alcohol motifs (C(OH)–C–C–N with tert-alkyl or cyclic N) is 1. The summed E-state index contributed by atoms with van der Waals surface area (Å²) in [5.74, 6) is 0.684. The Morgan fingerprint density at radius 2 is 1.79 bits per heavy atom. The highest BCUT2D eigenvalue weighted by atomic mass is 79.9. The fraction of sp³-hybridized carbons (Fsp3) is 0.318. The Labute approximate surface area is 177 Å². The maximum absolute atomic E-state index is 11.4. The van der Waals surface area contributed by atoms with Gasteiger partial charge >= 0.3 is 0 Å². The summed E-state index contributed by atoms with van der Waals surface area (Å²) in [7, 11) is 0. The molecule has 0 unspecified atom stereocenters. The van der Waals surface area contributed by atoms with Crippen molar-refractivity contribution in [3.8, 4) is 5.75 Å². The van der Waals surface area contributed by atoms with Gasteiger partial charge in [-0.05, 0) is 48.5 Å². The molecule has 2 aromatic carbocycles. The number of halogens is 1. The fourth-order valence-corrected chi connectivity index (χ4v) is 3.87. The van der Waals surface area contributed by atoms with Crippen LogP contribution in [-0.2, 0) is 0 Å². The normalized spacial score (nSPS) is 16.1. The average molecular weight is 458 g/mol. The number of aromatic nitrogens is 1. The van der Waals surface area contributed by atoms with E-state index in [0.717, 1.165) is 41.6 Å². The first-order chi connectivity index (χ1) is 14.1. The van der Waals surface area contributed by atoms with Crippen LogP contribution in [0.15, 0.2) is 63.9 Å². The molecule has 7 heteroatoms. The quantitative estimate of drug-likeness (QED) is 0.595. The van der Waals surface area contributed by atoms with Gasteiger partial charge in [0.25, 0.3) is 0 Å². The number of aliphatic hydroxyl groups excluding tert-OH is 1. The number of anilines is 1. The third-order valence-electron chi connectivity index (χ3n) is 5.17. The third-order valence-corrected chi connectivity index (χ3v) is 5.70. The van der Waals surface area contributed by atoms with Gasteiger partial charge in [0.05, 0.1) is 0 Å². The lowest BCUT2D eigenvalue weighted by atomic mass is 10.2. The number of benzene rings is 2. The minimum absolute atomic E-state index is 0.123. The van der Waals surface area contributed by atoms with E-state index in [1.54, 1.807) is 6.07 Å². The van der Waals surface area contributed by atoms with Gasteiger partial charge in [-0.3, -0.25) is 9.69 Å². The highest BCUT2D eigenvalue weighted by Gasteiger charge is 2.19. The van der Waals surface area contributed by atoms with Gasteiger partial charge in [0.1, 0.15) is 18.5 Å². The van der Waals surface area contributed by atoms with Crippen LogP contribution < -0.4 is 15.2 Å². The summed E-state index contributed by atoms with van der Waals surface area (Å²) in [6, 6.07) is 17.1. The number of nitrogens with one attached hydrogen (secondary N) is 1. The van der Waals surface area contributed by atoms with E-state index in [1.807, 2.05) is 18.2 Å². The highest BCUT2D eigenvalue weighted by Crippen LogP contribution is 2.20. The van der Waals surface area contributed by atoms with Crippen LogP contribution in [0.4, 0.5) is 5.69 Å². The van der Waals surface area contributed by atoms with E-state index in [9.17, 15) is 9.90 Å². The number of hydrogen-bond acceptors (Lipinski definition) is 5. The minimum atomic E-state index is -0.555. The molecule has 1 aliphatic rings. The van der Waals surface area contributed by atoms with Crippen molar-refractivity contribution in [2.24, 2.45) is 0 Å². The van der Waals surface area contributed by atoms with Crippen LogP contribution in [0, 0.1) is 0 Å². The van der Waals surface area contributed by atoms with Crippen LogP contribution in [0.3, 0.4) is 0 Å². The van der Waals surface area contributed by atoms with E-state index in [4.69, 9.17) is 4.74 Å². The van der Waals surface area contributed by atoms with Crippen LogP contribution in [-0.4, -0.2) is 60.4 Å². The highest BCUT2D eigenvalue weighted by molar-refractivity contribution is 9.10. The summed E-state index contributed by atoms with van der Waals surface area (Å²) in [5, 5.41) is 11.3. The first-order valence-corrected chi connectivity index (χ1v) is 10.5. The fourth-order valence-electron chi connectivity index (χ4n) is 3.61. The molecule has 1 aliphatic heterocycles. The molecule has 1 atom stereocenters. The molecule has 0 spiro atoms. The Balaban J connectivity index is 1.25. The first kappa shape index (κ1) is 19.9. The van der Waals surface area contributed by atoms with E-state index in [-0.39, 0.29) is 12.2 Å². The predicted molar refractivity (Wildman–Crippen MR) is 119 cm³/mol. The SMILES string of the molecule is O=c1ccc2cc(OC[C@@H](O)CN3CCN(c4ccc(Br)cc4)CC3)ccc2[nH]1. The molecule has 4 rings (SSSR count). The van der Waals surface area contributed by atoms with Crippen molar-refractivity contribution in [2.75, 3.05) is 44.2 Å². The molecular formula is C22H24BrN3O3. The van der Waals surface area contributed by atoms with E-state index < -0.39 is 6.10 Å². The smallest absolute Gasteiger partial charge is 0.248 e. The Hall–Kier alpha value is -2.35. The zero-order chi connectivity index (χ0) is 20.2. The molecule has 1 aromatic heterocycles. The minimum Gasteiger partial charge on any atom is -0.491 e. The van der Waals surface area contributed by atoms with Crippen LogP contribution in [0.25, 0.3) is 10.9 Å². The lowest BCUT2D eigenvalue weighted by molar-refractivity contribution is 0.0663. The van der Waals surface area contributed by atoms with Gasteiger partial charge in [0.2, 0.25) is 5.56 Å². The van der Waals surface area contributed by atoms with Gasteiger partial charge in [-0.25, -0.2) is 0 Å². The maximum Gasteiger partial charge on any atom is 0.248 e. The maximum atomic E-state index is 11.4. The zero-order valence-corrected chi connectivity index (χ0v) is 17.6. The van der Waals surface area contributed by atoms with Crippen LogP contribution in [0.1, 0.15) is 0 Å². The molecule has 3 aromatic rings. The molecular weight excluding hydrogens is 434 g/mol. The molecule has 1 fully saturated rings. The van der Waals surface area contributed by atoms with Gasteiger partial charge in [-0.15, -0.1) is 0 Å². The zero-order valence-electron chi connectivity index (χ0n) is 16.1. The second-order valence-electron chi connectivity index (χ2n) is 7.30. The molecule has 0 amide bonds. The number of nitrogens with zero attached hydrogens (tertiary/aromatic N) is 2. The van der Waals surface area contributed by atoms with Gasteiger partial charge < -0.3 is 19.7 Å². The molecule has 2 heterocycles. The lowest BCUT2D eigenvalue weighted by Gasteiger charge is -2.36. The predicted octanol–water partition coefficient (Wildman–Crippen LogP) is 2.85. The van der Waals surface area contributed by atoms with Crippen LogP contribution in [0.5, 0.6) is 5.75 Å². The number of H-pyrrole nitrogens is 1. The number of aromatic amines is 1. The second kappa shape index (κ2) is 8.98. The number of rotatable bonds is 6. The molecule has 0 aliphatic carbocycles. The van der Waals surface area contributed by atoms with Crippen molar-refractivity contribution in [1.82, 2.24) is 9.88 Å². The monoisotopic (exact) mass is 457 g/mol. The lowest BCUT2D eigenvalue weighted by Crippen LogP contribution is -2.49. The molecule has 0 saturated carbocycles. The van der Waals surface area contributed by atoms with Crippen molar-refractivity contribution < 1.29 is 9.84 Å². The first-order valence-electron chi connectivity index (χ1n) is 9.74. The topological polar surface area (TPSA) is 68.8 Å². The van der Waals surface area contributed by atoms with Crippen molar-refractivity contribution in [2.45, 2.75) is 6.10 Å². The molecule has 29 heavy (non-hydrogen) atoms. The number of hydrogen-bond donors (Lipinski definition) is 2. The number of ether oxygens (including phenoxy) is 1. The summed E-state index contributed by atoms with van der Waals surface area (Å²) in [6.07, 6.45) is -0.555. The molecule has 152 valence electrons. The third kappa shape index (κ3) is 5.18. The second-order valence-corrected chi connectivity index (χ2v) is 8.22. The van der Waals surface area contributed by atoms with Gasteiger partial charge in [-0.2, -0.15) is 0 Å². The van der Waals surface area contributed by atoms with Crippen molar-refractivity contribution >= 4 is 32.5 Å². The Bertz CT molecular complexity index is 1010. The molecule has 0 bridgehead atoms. The Kier molecular flexibility index (Phi) is 6.18. The molecule has 1 saturated heterocycles. The molecule has 6 nitrogen and oxygen atoms in total. The average Bonchev–Trinajstić information content (AvgIpc) is 2.73. The Morgan fingerprint density at radius 1 is 1.03 bits per heavy atom. The summed E-state index contributed by atoms with van der Waals surface area (Å²) in [4.78, 5) is 18.8. The molecule has 2 N–H and O–H groups in total. The van der Waals surface area contributed by atoms with Crippen LogP contribution >= 0.6 is 15.9 Å². The van der Waals surface area contributed by atoms with E-state index in [0.29, 0.717) is 12.3 Å². The standard InChI is InChI=1S/C22H24BrN3O3/c23-17-2-4-18(5-3-17)26-11-9-25(10-12-26)14-19(27)15-29-20-6-7-21-16(13-20)1-8-22(28)24-21/h1-8,13,19,27H,9-12,14-15H2,(H,24,28)/t19-/m0/s1. The largest absolute Gasteiger partial charge is 0.491 e. The summed E-state index contributed by atoms with van der Waals surface area (Å²) < 4.78 is 6.85. The number of fused-ring (bicyclic) bond motifs is 1. The van der Waals surface area contributed by atoms with E-state index >= 15 is 0 Å². The van der Waals surface area contributed by atoms with Gasteiger partial charge in [0.15, 0.2) is 0 Å². The number of piperazine rings is 1. The number of pyridine rings is 1. The summed E-state index contributed by atoms with van der Waals surface area (Å²) in [5.41, 5.74) is 1.88. The number of aliphatic hydroxyl groups is 1. The van der Waals surface area contributed by atoms with Crippen molar-refractivity contribution in [1.29, 1.82) is 0 Å². The Morgan fingerprint density at radius 3 is 2.55 bits per heavy atom. The van der Waals surface area contributed by atoms with Gasteiger partial charge in [-0.1, -0.05) is 15.9 Å². The summed E-state index contributed by atoms with van der Waals surface area (Å²) in [6.45, 7) is 4.54. The van der Waals surface area contributed by atoms with Crippen molar-refractivity contribution in [3.05, 3.63) is 69.4 Å². The van der Waals surface area contributed by atoms with E-state index in [2.05, 4.69) is 55.0 Å². The molecule has 0 radical (unpaired) electrons. The summed E-state index contributed by atoms with van der Waals surface area (Å²) >= 11 is 3.47. The van der Waals surface area contributed by atoms with Crippen molar-refractivity contribution in [3.63, 3.8) is 0 Å². The van der Waals surface area contributed by atoms with Gasteiger partial charge in [0, 0.05) is 59.9 Å².